The van der Waals surface area contributed by atoms with Gasteiger partial charge < -0.3 is 19.5 Å². The summed E-state index contributed by atoms with van der Waals surface area (Å²) in [6.45, 7) is 0.880. The molecule has 3 aromatic rings. The average Bonchev–Trinajstić information content (AvgIpc) is 3.21. The van der Waals surface area contributed by atoms with Crippen LogP contribution in [0.25, 0.3) is 0 Å². The largest absolute Gasteiger partial charge is 0.493 e. The Morgan fingerprint density at radius 3 is 2.30 bits per heavy atom. The van der Waals surface area contributed by atoms with Gasteiger partial charge in [0, 0.05) is 16.9 Å². The molecule has 3 aromatic carbocycles. The van der Waals surface area contributed by atoms with E-state index in [0.29, 0.717) is 47.3 Å². The minimum atomic E-state index is -0.373. The van der Waals surface area contributed by atoms with E-state index in [1.54, 1.807) is 55.6 Å². The number of cyclic esters (lactones) is 1. The number of methoxy groups -OCH3 is 1. The first-order chi connectivity index (χ1) is 14.6. The fraction of sp³-hybridized carbons (Fsp3) is 0.130. The number of amides is 2. The van der Waals surface area contributed by atoms with Gasteiger partial charge in [0.05, 0.1) is 13.7 Å². The molecule has 0 spiro atoms. The van der Waals surface area contributed by atoms with Crippen LogP contribution in [0.2, 0.25) is 0 Å². The molecule has 7 heteroatoms. The maximum Gasteiger partial charge on any atom is 0.414 e. The number of anilines is 2. The smallest absolute Gasteiger partial charge is 0.414 e. The first kappa shape index (κ1) is 19.3. The van der Waals surface area contributed by atoms with E-state index in [1.165, 1.54) is 4.90 Å². The molecule has 0 aromatic heterocycles. The Bertz CT molecular complexity index is 1050. The van der Waals surface area contributed by atoms with Crippen LogP contribution in [0.15, 0.2) is 72.8 Å². The van der Waals surface area contributed by atoms with E-state index in [4.69, 9.17) is 14.2 Å². The molecule has 1 N–H and O–H groups in total. The topological polar surface area (TPSA) is 77.1 Å². The van der Waals surface area contributed by atoms with Gasteiger partial charge in [-0.05, 0) is 60.7 Å². The zero-order valence-electron chi connectivity index (χ0n) is 16.3. The van der Waals surface area contributed by atoms with Crippen molar-refractivity contribution in [2.45, 2.75) is 0 Å². The SMILES string of the molecule is COc1ccccc1Oc1ccc(NC(=O)c2ccc(N3CCOC3=O)cc2)cc1. The second-order valence-electron chi connectivity index (χ2n) is 6.54. The summed E-state index contributed by atoms with van der Waals surface area (Å²) in [5.74, 6) is 1.63. The Balaban J connectivity index is 1.39. The Labute approximate surface area is 173 Å². The highest BCUT2D eigenvalue weighted by Crippen LogP contribution is 2.31. The third-order valence-corrected chi connectivity index (χ3v) is 4.61. The fourth-order valence-electron chi connectivity index (χ4n) is 3.06. The third-order valence-electron chi connectivity index (χ3n) is 4.61. The molecule has 0 unspecified atom stereocenters. The molecule has 2 amide bonds. The molecular formula is C23H20N2O5. The van der Waals surface area contributed by atoms with Gasteiger partial charge in [-0.25, -0.2) is 4.79 Å². The lowest BCUT2D eigenvalue weighted by atomic mass is 10.1. The Morgan fingerprint density at radius 1 is 0.967 bits per heavy atom. The minimum absolute atomic E-state index is 0.246. The summed E-state index contributed by atoms with van der Waals surface area (Å²) in [5, 5.41) is 2.85. The van der Waals surface area contributed by atoms with Crippen molar-refractivity contribution in [2.75, 3.05) is 30.5 Å². The van der Waals surface area contributed by atoms with Crippen molar-refractivity contribution in [3.63, 3.8) is 0 Å². The Kier molecular flexibility index (Phi) is 5.52. The molecular weight excluding hydrogens is 384 g/mol. The third kappa shape index (κ3) is 4.20. The Hall–Kier alpha value is -4.00. The van der Waals surface area contributed by atoms with E-state index >= 15 is 0 Å². The van der Waals surface area contributed by atoms with Gasteiger partial charge in [-0.1, -0.05) is 12.1 Å². The number of rotatable bonds is 6. The van der Waals surface area contributed by atoms with Gasteiger partial charge in [-0.2, -0.15) is 0 Å². The van der Waals surface area contributed by atoms with E-state index in [9.17, 15) is 9.59 Å². The van der Waals surface area contributed by atoms with Crippen LogP contribution in [-0.4, -0.2) is 32.3 Å². The number of carbonyl (C=O) groups is 2. The number of para-hydroxylation sites is 2. The van der Waals surface area contributed by atoms with Crippen molar-refractivity contribution in [3.8, 4) is 17.2 Å². The van der Waals surface area contributed by atoms with Crippen LogP contribution in [0.5, 0.6) is 17.2 Å². The number of benzene rings is 3. The summed E-state index contributed by atoms with van der Waals surface area (Å²) in [6.07, 6.45) is -0.373. The Morgan fingerprint density at radius 2 is 1.67 bits per heavy atom. The molecule has 0 atom stereocenters. The minimum Gasteiger partial charge on any atom is -0.493 e. The highest BCUT2D eigenvalue weighted by atomic mass is 16.6. The molecule has 0 bridgehead atoms. The predicted molar refractivity (Wildman–Crippen MR) is 113 cm³/mol. The van der Waals surface area contributed by atoms with E-state index in [2.05, 4.69) is 5.32 Å². The maximum atomic E-state index is 12.5. The monoisotopic (exact) mass is 404 g/mol. The molecule has 0 aliphatic carbocycles. The van der Waals surface area contributed by atoms with Gasteiger partial charge in [-0.3, -0.25) is 9.69 Å². The summed E-state index contributed by atoms with van der Waals surface area (Å²) in [6, 6.07) is 21.2. The van der Waals surface area contributed by atoms with Crippen LogP contribution in [0, 0.1) is 0 Å². The molecule has 1 fully saturated rings. The van der Waals surface area contributed by atoms with Crippen molar-refractivity contribution in [1.29, 1.82) is 0 Å². The summed E-state index contributed by atoms with van der Waals surface area (Å²) < 4.78 is 16.0. The normalized spacial score (nSPS) is 13.0. The van der Waals surface area contributed by atoms with Gasteiger partial charge in [-0.15, -0.1) is 0 Å². The molecule has 7 nitrogen and oxygen atoms in total. The van der Waals surface area contributed by atoms with Crippen LogP contribution in [-0.2, 0) is 4.74 Å². The van der Waals surface area contributed by atoms with E-state index in [0.717, 1.165) is 0 Å². The van der Waals surface area contributed by atoms with E-state index < -0.39 is 0 Å². The number of hydrogen-bond donors (Lipinski definition) is 1. The van der Waals surface area contributed by atoms with Crippen LogP contribution in [0.3, 0.4) is 0 Å². The predicted octanol–water partition coefficient (Wildman–Crippen LogP) is 4.70. The second-order valence-corrected chi connectivity index (χ2v) is 6.54. The first-order valence-corrected chi connectivity index (χ1v) is 9.41. The summed E-state index contributed by atoms with van der Waals surface area (Å²) in [4.78, 5) is 25.7. The van der Waals surface area contributed by atoms with E-state index in [-0.39, 0.29) is 12.0 Å². The molecule has 1 aliphatic heterocycles. The van der Waals surface area contributed by atoms with E-state index in [1.807, 2.05) is 24.3 Å². The molecule has 1 saturated heterocycles. The van der Waals surface area contributed by atoms with Gasteiger partial charge in [0.25, 0.3) is 5.91 Å². The van der Waals surface area contributed by atoms with Gasteiger partial charge in [0.15, 0.2) is 11.5 Å². The van der Waals surface area contributed by atoms with Crippen molar-refractivity contribution in [3.05, 3.63) is 78.4 Å². The van der Waals surface area contributed by atoms with Gasteiger partial charge in [0.1, 0.15) is 12.4 Å². The molecule has 4 rings (SSSR count). The lowest BCUT2D eigenvalue weighted by molar-refractivity contribution is 0.102. The standard InChI is InChI=1S/C23H20N2O5/c1-28-20-4-2-3-5-21(20)30-19-12-8-17(9-13-19)24-22(26)16-6-10-18(11-7-16)25-14-15-29-23(25)27/h2-13H,14-15H2,1H3,(H,24,26). The average molecular weight is 404 g/mol. The van der Waals surface area contributed by atoms with Crippen molar-refractivity contribution in [1.82, 2.24) is 0 Å². The molecule has 1 aliphatic rings. The van der Waals surface area contributed by atoms with Gasteiger partial charge in [0.2, 0.25) is 0 Å². The molecule has 1 heterocycles. The number of carbonyl (C=O) groups excluding carboxylic acids is 2. The highest BCUT2D eigenvalue weighted by Gasteiger charge is 2.23. The highest BCUT2D eigenvalue weighted by molar-refractivity contribution is 6.04. The number of nitrogens with zero attached hydrogens (tertiary/aromatic N) is 1. The summed E-state index contributed by atoms with van der Waals surface area (Å²) >= 11 is 0. The zero-order chi connectivity index (χ0) is 20.9. The van der Waals surface area contributed by atoms with Crippen LogP contribution < -0.4 is 19.7 Å². The number of nitrogens with one attached hydrogen (secondary N) is 1. The lowest BCUT2D eigenvalue weighted by Crippen LogP contribution is -2.23. The first-order valence-electron chi connectivity index (χ1n) is 9.41. The van der Waals surface area contributed by atoms with Gasteiger partial charge >= 0.3 is 6.09 Å². The maximum absolute atomic E-state index is 12.5. The number of ether oxygens (including phenoxy) is 3. The number of hydrogen-bond acceptors (Lipinski definition) is 5. The molecule has 0 radical (unpaired) electrons. The van der Waals surface area contributed by atoms with Crippen LogP contribution in [0.4, 0.5) is 16.2 Å². The second kappa shape index (κ2) is 8.57. The quantitative estimate of drug-likeness (QED) is 0.645. The molecule has 0 saturated carbocycles. The van der Waals surface area contributed by atoms with Crippen molar-refractivity contribution >= 4 is 23.4 Å². The van der Waals surface area contributed by atoms with Crippen LogP contribution in [0.1, 0.15) is 10.4 Å². The summed E-state index contributed by atoms with van der Waals surface area (Å²) in [5.41, 5.74) is 1.83. The summed E-state index contributed by atoms with van der Waals surface area (Å²) in [7, 11) is 1.59. The zero-order valence-corrected chi connectivity index (χ0v) is 16.3. The van der Waals surface area contributed by atoms with Crippen molar-refractivity contribution < 1.29 is 23.8 Å². The lowest BCUT2D eigenvalue weighted by Gasteiger charge is -2.13. The van der Waals surface area contributed by atoms with Crippen molar-refractivity contribution in [2.24, 2.45) is 0 Å². The molecule has 30 heavy (non-hydrogen) atoms. The fourth-order valence-corrected chi connectivity index (χ4v) is 3.06. The molecule has 152 valence electrons. The van der Waals surface area contributed by atoms with Crippen LogP contribution >= 0.6 is 0 Å².